The predicted molar refractivity (Wildman–Crippen MR) is 58.3 cm³/mol. The van der Waals surface area contributed by atoms with Gasteiger partial charge in [-0.1, -0.05) is 0 Å². The van der Waals surface area contributed by atoms with Crippen molar-refractivity contribution in [3.63, 3.8) is 0 Å². The molecule has 1 rings (SSSR count). The second kappa shape index (κ2) is 7.12. The first-order valence-electron chi connectivity index (χ1n) is 5.86. The summed E-state index contributed by atoms with van der Waals surface area (Å²) in [5.74, 6) is 0.683. The molecule has 2 nitrogen and oxygen atoms in total. The molecular formula is C11H22F2N2. The summed E-state index contributed by atoms with van der Waals surface area (Å²) in [5.41, 5.74) is 0. The van der Waals surface area contributed by atoms with E-state index in [1.807, 2.05) is 11.9 Å². The fourth-order valence-electron chi connectivity index (χ4n) is 2.12. The van der Waals surface area contributed by atoms with Gasteiger partial charge in [0, 0.05) is 19.5 Å². The second-order valence-corrected chi connectivity index (χ2v) is 4.49. The number of alkyl halides is 2. The summed E-state index contributed by atoms with van der Waals surface area (Å²) in [4.78, 5) is 2.04. The van der Waals surface area contributed by atoms with Crippen LogP contribution < -0.4 is 5.32 Å². The van der Waals surface area contributed by atoms with Gasteiger partial charge in [-0.25, -0.2) is 8.78 Å². The van der Waals surface area contributed by atoms with Gasteiger partial charge >= 0.3 is 0 Å². The normalized spacial score (nSPS) is 23.4. The Labute approximate surface area is 91.0 Å². The highest BCUT2D eigenvalue weighted by Crippen LogP contribution is 2.14. The van der Waals surface area contributed by atoms with Crippen molar-refractivity contribution in [2.45, 2.75) is 32.1 Å². The molecule has 1 aliphatic heterocycles. The Morgan fingerprint density at radius 3 is 2.87 bits per heavy atom. The van der Waals surface area contributed by atoms with Crippen LogP contribution in [0.2, 0.25) is 0 Å². The Bertz CT molecular complexity index is 157. The third kappa shape index (κ3) is 6.05. The number of nitrogens with zero attached hydrogens (tertiary/aromatic N) is 1. The second-order valence-electron chi connectivity index (χ2n) is 4.49. The molecule has 1 heterocycles. The summed E-state index contributed by atoms with van der Waals surface area (Å²) in [5, 5.41) is 3.36. The molecule has 15 heavy (non-hydrogen) atoms. The molecule has 1 aliphatic rings. The van der Waals surface area contributed by atoms with Gasteiger partial charge in [-0.2, -0.15) is 0 Å². The summed E-state index contributed by atoms with van der Waals surface area (Å²) in [7, 11) is 1.95. The lowest BCUT2D eigenvalue weighted by molar-refractivity contribution is 0.117. The Morgan fingerprint density at radius 2 is 2.13 bits per heavy atom. The molecule has 0 aromatic heterocycles. The van der Waals surface area contributed by atoms with E-state index in [0.29, 0.717) is 12.5 Å². The highest BCUT2D eigenvalue weighted by atomic mass is 19.3. The zero-order chi connectivity index (χ0) is 11.1. The maximum absolute atomic E-state index is 12.0. The number of hydrogen-bond acceptors (Lipinski definition) is 2. The minimum atomic E-state index is -2.16. The van der Waals surface area contributed by atoms with Crippen molar-refractivity contribution in [3.05, 3.63) is 0 Å². The van der Waals surface area contributed by atoms with Crippen molar-refractivity contribution in [2.75, 3.05) is 33.2 Å². The van der Waals surface area contributed by atoms with Crippen LogP contribution in [0.5, 0.6) is 0 Å². The van der Waals surface area contributed by atoms with E-state index in [-0.39, 0.29) is 6.42 Å². The summed E-state index contributed by atoms with van der Waals surface area (Å²) in [6, 6.07) is 0. The minimum absolute atomic E-state index is 0.00146. The molecule has 0 aromatic carbocycles. The SMILES string of the molecule is CN(CCC(F)F)CC1CCCNCC1. The van der Waals surface area contributed by atoms with E-state index >= 15 is 0 Å². The smallest absolute Gasteiger partial charge is 0.239 e. The molecule has 0 aromatic rings. The van der Waals surface area contributed by atoms with Crippen molar-refractivity contribution in [1.82, 2.24) is 10.2 Å². The van der Waals surface area contributed by atoms with E-state index in [0.717, 1.165) is 19.6 Å². The Hall–Kier alpha value is -0.220. The fourth-order valence-corrected chi connectivity index (χ4v) is 2.12. The molecule has 1 saturated heterocycles. The summed E-state index contributed by atoms with van der Waals surface area (Å²) in [6.07, 6.45) is 1.46. The van der Waals surface area contributed by atoms with Crippen molar-refractivity contribution >= 4 is 0 Å². The van der Waals surface area contributed by atoms with Gasteiger partial charge < -0.3 is 10.2 Å². The number of halogens is 2. The third-order valence-corrected chi connectivity index (χ3v) is 2.99. The van der Waals surface area contributed by atoms with Gasteiger partial charge in [0.2, 0.25) is 6.43 Å². The molecule has 4 heteroatoms. The average Bonchev–Trinajstić information content (AvgIpc) is 2.43. The lowest BCUT2D eigenvalue weighted by atomic mass is 10.0. The quantitative estimate of drug-likeness (QED) is 0.762. The van der Waals surface area contributed by atoms with E-state index in [9.17, 15) is 8.78 Å². The van der Waals surface area contributed by atoms with Crippen LogP contribution in [0.15, 0.2) is 0 Å². The molecule has 0 radical (unpaired) electrons. The Balaban J connectivity index is 2.14. The third-order valence-electron chi connectivity index (χ3n) is 2.99. The topological polar surface area (TPSA) is 15.3 Å². The first-order valence-corrected chi connectivity index (χ1v) is 5.86. The minimum Gasteiger partial charge on any atom is -0.317 e. The average molecular weight is 220 g/mol. The van der Waals surface area contributed by atoms with Crippen LogP contribution in [0.4, 0.5) is 8.78 Å². The van der Waals surface area contributed by atoms with Crippen LogP contribution in [0, 0.1) is 5.92 Å². The summed E-state index contributed by atoms with van der Waals surface area (Å²) in [6.45, 7) is 3.67. The monoisotopic (exact) mass is 220 g/mol. The van der Waals surface area contributed by atoms with Crippen molar-refractivity contribution in [2.24, 2.45) is 5.92 Å². The maximum atomic E-state index is 12.0. The van der Waals surface area contributed by atoms with Gasteiger partial charge in [0.15, 0.2) is 0 Å². The molecule has 90 valence electrons. The lowest BCUT2D eigenvalue weighted by Gasteiger charge is -2.22. The molecule has 1 fully saturated rings. The van der Waals surface area contributed by atoms with Crippen LogP contribution in [-0.2, 0) is 0 Å². The van der Waals surface area contributed by atoms with Gasteiger partial charge in [-0.15, -0.1) is 0 Å². The van der Waals surface area contributed by atoms with Crippen molar-refractivity contribution in [1.29, 1.82) is 0 Å². The molecule has 0 spiro atoms. The fraction of sp³-hybridized carbons (Fsp3) is 1.00. The van der Waals surface area contributed by atoms with Gasteiger partial charge in [0.1, 0.15) is 0 Å². The maximum Gasteiger partial charge on any atom is 0.239 e. The van der Waals surface area contributed by atoms with E-state index in [1.165, 1.54) is 19.3 Å². The van der Waals surface area contributed by atoms with Gasteiger partial charge in [-0.3, -0.25) is 0 Å². The zero-order valence-electron chi connectivity index (χ0n) is 9.51. The van der Waals surface area contributed by atoms with E-state index < -0.39 is 6.43 Å². The number of rotatable bonds is 5. The molecule has 1 atom stereocenters. The summed E-state index contributed by atoms with van der Waals surface area (Å²) >= 11 is 0. The molecule has 0 bridgehead atoms. The molecule has 1 N–H and O–H groups in total. The Morgan fingerprint density at radius 1 is 1.33 bits per heavy atom. The zero-order valence-corrected chi connectivity index (χ0v) is 9.51. The Kier molecular flexibility index (Phi) is 6.10. The van der Waals surface area contributed by atoms with Crippen LogP contribution in [0.25, 0.3) is 0 Å². The highest BCUT2D eigenvalue weighted by molar-refractivity contribution is 4.69. The summed E-state index contributed by atoms with van der Waals surface area (Å²) < 4.78 is 24.0. The van der Waals surface area contributed by atoms with Gasteiger partial charge in [0.25, 0.3) is 0 Å². The van der Waals surface area contributed by atoms with Crippen LogP contribution in [0.1, 0.15) is 25.7 Å². The predicted octanol–water partition coefficient (Wildman–Crippen LogP) is 1.96. The molecular weight excluding hydrogens is 198 g/mol. The molecule has 1 unspecified atom stereocenters. The lowest BCUT2D eigenvalue weighted by Crippen LogP contribution is -2.28. The van der Waals surface area contributed by atoms with Gasteiger partial charge in [-0.05, 0) is 45.3 Å². The van der Waals surface area contributed by atoms with Crippen LogP contribution >= 0.6 is 0 Å². The van der Waals surface area contributed by atoms with Crippen molar-refractivity contribution in [3.8, 4) is 0 Å². The van der Waals surface area contributed by atoms with E-state index in [2.05, 4.69) is 5.32 Å². The number of nitrogens with one attached hydrogen (secondary N) is 1. The van der Waals surface area contributed by atoms with E-state index in [1.54, 1.807) is 0 Å². The van der Waals surface area contributed by atoms with E-state index in [4.69, 9.17) is 0 Å². The molecule has 0 aliphatic carbocycles. The standard InChI is InChI=1S/C11H22F2N2/c1-15(8-5-11(12)13)9-10-3-2-6-14-7-4-10/h10-11,14H,2-9H2,1H3. The van der Waals surface area contributed by atoms with Crippen molar-refractivity contribution < 1.29 is 8.78 Å². The first kappa shape index (κ1) is 12.8. The largest absolute Gasteiger partial charge is 0.317 e. The molecule has 0 amide bonds. The first-order chi connectivity index (χ1) is 7.18. The highest BCUT2D eigenvalue weighted by Gasteiger charge is 2.14. The number of hydrogen-bond donors (Lipinski definition) is 1. The van der Waals surface area contributed by atoms with Gasteiger partial charge in [0.05, 0.1) is 0 Å². The van der Waals surface area contributed by atoms with Crippen LogP contribution in [-0.4, -0.2) is 44.6 Å². The van der Waals surface area contributed by atoms with Crippen LogP contribution in [0.3, 0.4) is 0 Å². The molecule has 0 saturated carbocycles.